The summed E-state index contributed by atoms with van der Waals surface area (Å²) in [6.07, 6.45) is -3.19. The van der Waals surface area contributed by atoms with Crippen LogP contribution < -0.4 is 26.0 Å². The first-order chi connectivity index (χ1) is 15.6. The van der Waals surface area contributed by atoms with Crippen LogP contribution in [0.2, 0.25) is 0 Å². The third-order valence-corrected chi connectivity index (χ3v) is 4.87. The van der Waals surface area contributed by atoms with Crippen molar-refractivity contribution in [3.8, 4) is 17.6 Å². The van der Waals surface area contributed by atoms with Crippen LogP contribution in [0.15, 0.2) is 36.4 Å². The predicted octanol–water partition coefficient (Wildman–Crippen LogP) is 2.06. The molecule has 4 N–H and O–H groups in total. The molecule has 0 aliphatic carbocycles. The number of rotatable bonds is 10. The van der Waals surface area contributed by atoms with Crippen molar-refractivity contribution in [1.29, 1.82) is 5.26 Å². The van der Waals surface area contributed by atoms with Gasteiger partial charge in [-0.25, -0.2) is 0 Å². The van der Waals surface area contributed by atoms with E-state index in [4.69, 9.17) is 10.5 Å². The standard InChI is InChI=1S/C22H25BF3N3O4/c1-3-4-14-7-10-18(17(11-27)19(14)23-31)32-13-21(2,12-28)29-20(30)15-5-8-16(9-6-15)33-22(24,25)26/h5-10,23,31H,3-4,11,13,27H2,1-2H3,(H,29,30). The van der Waals surface area contributed by atoms with Gasteiger partial charge in [-0.05, 0) is 49.1 Å². The van der Waals surface area contributed by atoms with Crippen molar-refractivity contribution in [3.05, 3.63) is 53.1 Å². The Morgan fingerprint density at radius 2 is 1.91 bits per heavy atom. The first-order valence-electron chi connectivity index (χ1n) is 10.2. The number of benzene rings is 2. The molecule has 33 heavy (non-hydrogen) atoms. The van der Waals surface area contributed by atoms with Crippen LogP contribution in [-0.4, -0.2) is 36.9 Å². The fourth-order valence-electron chi connectivity index (χ4n) is 3.23. The van der Waals surface area contributed by atoms with E-state index in [-0.39, 0.29) is 26.2 Å². The van der Waals surface area contributed by atoms with E-state index in [0.29, 0.717) is 16.8 Å². The Bertz CT molecular complexity index is 1010. The molecule has 1 atom stereocenters. The molecule has 0 aromatic heterocycles. The highest BCUT2D eigenvalue weighted by atomic mass is 19.4. The van der Waals surface area contributed by atoms with E-state index in [1.165, 1.54) is 6.92 Å². The fourth-order valence-corrected chi connectivity index (χ4v) is 3.23. The van der Waals surface area contributed by atoms with Crippen molar-refractivity contribution in [2.24, 2.45) is 5.73 Å². The molecule has 1 amide bonds. The van der Waals surface area contributed by atoms with E-state index in [9.17, 15) is 28.3 Å². The zero-order valence-corrected chi connectivity index (χ0v) is 18.3. The molecule has 0 aliphatic heterocycles. The summed E-state index contributed by atoms with van der Waals surface area (Å²) >= 11 is 0. The highest BCUT2D eigenvalue weighted by Crippen LogP contribution is 2.23. The molecule has 0 saturated carbocycles. The van der Waals surface area contributed by atoms with Crippen LogP contribution >= 0.6 is 0 Å². The van der Waals surface area contributed by atoms with Crippen molar-refractivity contribution in [2.75, 3.05) is 6.61 Å². The number of nitriles is 1. The first-order valence-corrected chi connectivity index (χ1v) is 10.2. The second kappa shape index (κ2) is 11.1. The van der Waals surface area contributed by atoms with Gasteiger partial charge in [-0.15, -0.1) is 13.2 Å². The summed E-state index contributed by atoms with van der Waals surface area (Å²) in [6, 6.07) is 9.84. The maximum Gasteiger partial charge on any atom is 0.573 e. The summed E-state index contributed by atoms with van der Waals surface area (Å²) in [5.41, 5.74) is 6.72. The fraction of sp³-hybridized carbons (Fsp3) is 0.364. The molecule has 2 aromatic rings. The summed E-state index contributed by atoms with van der Waals surface area (Å²) in [5.74, 6) is -0.744. The average molecular weight is 463 g/mol. The van der Waals surface area contributed by atoms with Crippen molar-refractivity contribution >= 4 is 18.9 Å². The van der Waals surface area contributed by atoms with Gasteiger partial charge >= 0.3 is 13.8 Å². The third kappa shape index (κ3) is 7.13. The maximum absolute atomic E-state index is 12.5. The van der Waals surface area contributed by atoms with Gasteiger partial charge in [0.05, 0.1) is 6.07 Å². The molecule has 0 fully saturated rings. The minimum Gasteiger partial charge on any atom is -0.490 e. The van der Waals surface area contributed by atoms with Gasteiger partial charge in [0.2, 0.25) is 0 Å². The summed E-state index contributed by atoms with van der Waals surface area (Å²) in [4.78, 5) is 12.5. The molecule has 0 aliphatic rings. The summed E-state index contributed by atoms with van der Waals surface area (Å²) in [5, 5.41) is 21.9. The molecule has 1 unspecified atom stereocenters. The Morgan fingerprint density at radius 1 is 1.24 bits per heavy atom. The molecule has 0 spiro atoms. The Hall–Kier alpha value is -3.23. The van der Waals surface area contributed by atoms with E-state index < -0.39 is 23.6 Å². The number of nitrogens with zero attached hydrogens (tertiary/aromatic N) is 1. The lowest BCUT2D eigenvalue weighted by Gasteiger charge is -2.25. The number of halogens is 3. The molecule has 11 heteroatoms. The number of ether oxygens (including phenoxy) is 2. The Balaban J connectivity index is 2.13. The molecule has 2 rings (SSSR count). The lowest BCUT2D eigenvalue weighted by Crippen LogP contribution is -2.49. The van der Waals surface area contributed by atoms with Crippen LogP contribution in [0.3, 0.4) is 0 Å². The molecule has 0 bridgehead atoms. The van der Waals surface area contributed by atoms with Crippen molar-refractivity contribution in [3.63, 3.8) is 0 Å². The van der Waals surface area contributed by atoms with E-state index in [0.717, 1.165) is 42.7 Å². The van der Waals surface area contributed by atoms with E-state index in [1.807, 2.05) is 19.1 Å². The topological polar surface area (TPSA) is 118 Å². The molecule has 7 nitrogen and oxygen atoms in total. The Kier molecular flexibility index (Phi) is 8.73. The molecule has 2 aromatic carbocycles. The van der Waals surface area contributed by atoms with Gasteiger partial charge in [0.25, 0.3) is 5.91 Å². The summed E-state index contributed by atoms with van der Waals surface area (Å²) in [6.45, 7) is 3.36. The van der Waals surface area contributed by atoms with Crippen LogP contribution in [0.25, 0.3) is 0 Å². The van der Waals surface area contributed by atoms with Gasteiger partial charge in [-0.2, -0.15) is 5.26 Å². The van der Waals surface area contributed by atoms with Gasteiger partial charge in [0.15, 0.2) is 5.54 Å². The van der Waals surface area contributed by atoms with E-state index >= 15 is 0 Å². The smallest absolute Gasteiger partial charge is 0.490 e. The zero-order chi connectivity index (χ0) is 24.6. The van der Waals surface area contributed by atoms with Crippen LogP contribution in [0, 0.1) is 11.3 Å². The molecule has 0 radical (unpaired) electrons. The Labute approximate surface area is 190 Å². The molecular weight excluding hydrogens is 438 g/mol. The monoisotopic (exact) mass is 463 g/mol. The molecule has 0 saturated heterocycles. The normalized spacial score (nSPS) is 12.9. The second-order valence-electron chi connectivity index (χ2n) is 7.55. The van der Waals surface area contributed by atoms with Crippen molar-refractivity contribution in [1.82, 2.24) is 5.32 Å². The van der Waals surface area contributed by atoms with Crippen LogP contribution in [-0.2, 0) is 13.0 Å². The predicted molar refractivity (Wildman–Crippen MR) is 117 cm³/mol. The minimum absolute atomic E-state index is 0.0418. The lowest BCUT2D eigenvalue weighted by atomic mass is 9.78. The number of hydrogen-bond donors (Lipinski definition) is 3. The molecule has 176 valence electrons. The summed E-state index contributed by atoms with van der Waals surface area (Å²) in [7, 11) is -0.209. The highest BCUT2D eigenvalue weighted by Gasteiger charge is 2.31. The quantitative estimate of drug-likeness (QED) is 0.465. The lowest BCUT2D eigenvalue weighted by molar-refractivity contribution is -0.274. The minimum atomic E-state index is -4.84. The van der Waals surface area contributed by atoms with Gasteiger partial charge in [-0.3, -0.25) is 4.79 Å². The number of alkyl halides is 3. The number of nitrogens with two attached hydrogens (primary N) is 1. The third-order valence-electron chi connectivity index (χ3n) is 4.87. The number of aryl methyl sites for hydroxylation is 1. The van der Waals surface area contributed by atoms with Gasteiger partial charge in [0, 0.05) is 17.7 Å². The zero-order valence-electron chi connectivity index (χ0n) is 18.3. The Morgan fingerprint density at radius 3 is 2.42 bits per heavy atom. The van der Waals surface area contributed by atoms with Crippen molar-refractivity contribution in [2.45, 2.75) is 45.1 Å². The maximum atomic E-state index is 12.5. The number of hydrogen-bond acceptors (Lipinski definition) is 6. The van der Waals surface area contributed by atoms with Gasteiger partial charge in [-0.1, -0.05) is 25.0 Å². The number of amides is 1. The average Bonchev–Trinajstić information content (AvgIpc) is 2.77. The second-order valence-corrected chi connectivity index (χ2v) is 7.55. The highest BCUT2D eigenvalue weighted by molar-refractivity contribution is 6.47. The van der Waals surface area contributed by atoms with Crippen LogP contribution in [0.5, 0.6) is 11.5 Å². The van der Waals surface area contributed by atoms with Gasteiger partial charge in [0.1, 0.15) is 18.1 Å². The molecule has 0 heterocycles. The van der Waals surface area contributed by atoms with Crippen LogP contribution in [0.1, 0.15) is 41.8 Å². The largest absolute Gasteiger partial charge is 0.573 e. The van der Waals surface area contributed by atoms with E-state index in [1.54, 1.807) is 6.07 Å². The number of nitrogens with one attached hydrogen (secondary N) is 1. The molecular formula is C22H25BF3N3O4. The summed E-state index contributed by atoms with van der Waals surface area (Å²) < 4.78 is 46.4. The van der Waals surface area contributed by atoms with E-state index in [2.05, 4.69) is 10.1 Å². The number of carbonyl (C=O) groups excluding carboxylic acids is 1. The van der Waals surface area contributed by atoms with Crippen LogP contribution in [0.4, 0.5) is 13.2 Å². The number of carbonyl (C=O) groups is 1. The SMILES string of the molecule is CCCc1ccc(OCC(C)(C#N)NC(=O)c2ccc(OC(F)(F)F)cc2)c(CN)c1BO. The van der Waals surface area contributed by atoms with Gasteiger partial charge < -0.3 is 25.5 Å². The van der Waals surface area contributed by atoms with Crippen molar-refractivity contribution < 1.29 is 32.5 Å². The first kappa shape index (κ1) is 26.0.